The molecule has 0 amide bonds. The van der Waals surface area contributed by atoms with Crippen molar-refractivity contribution >= 4 is 28.7 Å². The SMILES string of the molecule is COc1ccc(NCC2C(c3ccc(O)cc3)=Nc3ccccc3OC2c2ccccc2Cl)cc1. The van der Waals surface area contributed by atoms with Gasteiger partial charge in [-0.15, -0.1) is 0 Å². The standard InChI is InChI=1S/C29H25ClN2O3/c1-34-22-16-12-20(13-17-22)31-18-24-28(19-10-14-21(33)15-11-19)32-26-8-4-5-9-27(26)35-29(24)23-6-2-3-7-25(23)30/h2-17,24,29,31,33H,18H2,1H3. The Hall–Kier alpha value is -3.96. The maximum Gasteiger partial charge on any atom is 0.145 e. The molecule has 1 aliphatic heterocycles. The fourth-order valence-electron chi connectivity index (χ4n) is 4.26. The molecule has 0 radical (unpaired) electrons. The van der Waals surface area contributed by atoms with Crippen LogP contribution in [0.2, 0.25) is 5.02 Å². The van der Waals surface area contributed by atoms with E-state index in [0.29, 0.717) is 17.3 Å². The number of fused-ring (bicyclic) bond motifs is 1. The number of methoxy groups -OCH3 is 1. The molecule has 0 bridgehead atoms. The maximum atomic E-state index is 9.89. The van der Waals surface area contributed by atoms with Crippen molar-refractivity contribution < 1.29 is 14.6 Å². The minimum absolute atomic E-state index is 0.200. The van der Waals surface area contributed by atoms with Crippen LogP contribution in [-0.2, 0) is 0 Å². The number of benzene rings is 4. The Morgan fingerprint density at radius 2 is 1.63 bits per heavy atom. The van der Waals surface area contributed by atoms with E-state index in [1.54, 1.807) is 19.2 Å². The molecule has 35 heavy (non-hydrogen) atoms. The zero-order valence-electron chi connectivity index (χ0n) is 19.2. The number of nitrogens with zero attached hydrogens (tertiary/aromatic N) is 1. The highest BCUT2D eigenvalue weighted by atomic mass is 35.5. The van der Waals surface area contributed by atoms with Crippen LogP contribution in [0.5, 0.6) is 17.2 Å². The number of nitrogens with one attached hydrogen (secondary N) is 1. The number of hydrogen-bond acceptors (Lipinski definition) is 5. The normalized spacial score (nSPS) is 16.9. The van der Waals surface area contributed by atoms with Crippen molar-refractivity contribution in [3.05, 3.63) is 113 Å². The Bertz CT molecular complexity index is 1340. The lowest BCUT2D eigenvalue weighted by atomic mass is 9.87. The van der Waals surface area contributed by atoms with Gasteiger partial charge in [0.05, 0.1) is 18.7 Å². The van der Waals surface area contributed by atoms with E-state index >= 15 is 0 Å². The van der Waals surface area contributed by atoms with Crippen molar-refractivity contribution in [3.63, 3.8) is 0 Å². The molecular formula is C29H25ClN2O3. The zero-order valence-corrected chi connectivity index (χ0v) is 19.9. The molecule has 2 unspecified atom stereocenters. The van der Waals surface area contributed by atoms with Crippen molar-refractivity contribution in [1.29, 1.82) is 0 Å². The summed E-state index contributed by atoms with van der Waals surface area (Å²) in [5.41, 5.74) is 4.34. The molecule has 6 heteroatoms. The molecular weight excluding hydrogens is 460 g/mol. The van der Waals surface area contributed by atoms with Crippen LogP contribution in [0.15, 0.2) is 102 Å². The smallest absolute Gasteiger partial charge is 0.145 e. The second kappa shape index (κ2) is 10.1. The lowest BCUT2D eigenvalue weighted by Gasteiger charge is -2.29. The Morgan fingerprint density at radius 3 is 2.37 bits per heavy atom. The Balaban J connectivity index is 1.61. The highest BCUT2D eigenvalue weighted by Crippen LogP contribution is 2.42. The topological polar surface area (TPSA) is 63.1 Å². The third-order valence-electron chi connectivity index (χ3n) is 6.07. The summed E-state index contributed by atoms with van der Waals surface area (Å²) in [5, 5.41) is 14.1. The van der Waals surface area contributed by atoms with Gasteiger partial charge in [-0.3, -0.25) is 0 Å². The number of halogens is 1. The first-order valence-corrected chi connectivity index (χ1v) is 11.8. The minimum Gasteiger partial charge on any atom is -0.508 e. The van der Waals surface area contributed by atoms with Gasteiger partial charge in [-0.05, 0) is 72.3 Å². The molecule has 5 rings (SSSR count). The number of para-hydroxylation sites is 2. The van der Waals surface area contributed by atoms with Crippen molar-refractivity contribution in [2.24, 2.45) is 10.9 Å². The van der Waals surface area contributed by atoms with Crippen LogP contribution in [0.1, 0.15) is 17.2 Å². The molecule has 0 saturated heterocycles. The maximum absolute atomic E-state index is 9.89. The molecule has 0 aromatic heterocycles. The Labute approximate surface area is 209 Å². The molecule has 5 nitrogen and oxygen atoms in total. The van der Waals surface area contributed by atoms with Gasteiger partial charge in [0.15, 0.2) is 0 Å². The molecule has 2 N–H and O–H groups in total. The number of phenols is 1. The van der Waals surface area contributed by atoms with Crippen LogP contribution in [0, 0.1) is 5.92 Å². The number of phenolic OH excluding ortho intramolecular Hbond substituents is 1. The van der Waals surface area contributed by atoms with Gasteiger partial charge in [0, 0.05) is 22.8 Å². The number of aliphatic imine (C=N–C) groups is 1. The average Bonchev–Trinajstić information content (AvgIpc) is 3.05. The minimum atomic E-state index is -0.398. The van der Waals surface area contributed by atoms with Crippen LogP contribution in [-0.4, -0.2) is 24.5 Å². The lowest BCUT2D eigenvalue weighted by molar-refractivity contribution is 0.176. The summed E-state index contributed by atoms with van der Waals surface area (Å²) in [6.07, 6.45) is -0.398. The summed E-state index contributed by atoms with van der Waals surface area (Å²) in [6.45, 7) is 0.538. The van der Waals surface area contributed by atoms with Crippen LogP contribution in [0.4, 0.5) is 11.4 Å². The van der Waals surface area contributed by atoms with E-state index in [-0.39, 0.29) is 11.7 Å². The molecule has 4 aromatic carbocycles. The first-order chi connectivity index (χ1) is 17.1. The number of ether oxygens (including phenoxy) is 2. The summed E-state index contributed by atoms with van der Waals surface area (Å²) in [6, 6.07) is 30.4. The second-order valence-corrected chi connectivity index (χ2v) is 8.69. The van der Waals surface area contributed by atoms with Crippen molar-refractivity contribution in [3.8, 4) is 17.2 Å². The number of hydrogen-bond donors (Lipinski definition) is 2. The van der Waals surface area contributed by atoms with Gasteiger partial charge in [-0.1, -0.05) is 41.9 Å². The monoisotopic (exact) mass is 484 g/mol. The number of anilines is 1. The van der Waals surface area contributed by atoms with E-state index in [2.05, 4.69) is 5.32 Å². The lowest BCUT2D eigenvalue weighted by Crippen LogP contribution is -2.32. The van der Waals surface area contributed by atoms with Gasteiger partial charge in [-0.2, -0.15) is 0 Å². The van der Waals surface area contributed by atoms with Crippen molar-refractivity contribution in [2.75, 3.05) is 19.0 Å². The van der Waals surface area contributed by atoms with Gasteiger partial charge in [0.25, 0.3) is 0 Å². The highest BCUT2D eigenvalue weighted by Gasteiger charge is 2.34. The molecule has 2 atom stereocenters. The predicted molar refractivity (Wildman–Crippen MR) is 141 cm³/mol. The van der Waals surface area contributed by atoms with Gasteiger partial charge in [0.2, 0.25) is 0 Å². The van der Waals surface area contributed by atoms with E-state index in [9.17, 15) is 5.11 Å². The van der Waals surface area contributed by atoms with Gasteiger partial charge in [-0.25, -0.2) is 4.99 Å². The summed E-state index contributed by atoms with van der Waals surface area (Å²) in [4.78, 5) is 5.07. The van der Waals surface area contributed by atoms with Crippen LogP contribution in [0.3, 0.4) is 0 Å². The molecule has 1 heterocycles. The quantitative estimate of drug-likeness (QED) is 0.308. The van der Waals surface area contributed by atoms with E-state index < -0.39 is 6.10 Å². The molecule has 176 valence electrons. The zero-order chi connectivity index (χ0) is 24.2. The van der Waals surface area contributed by atoms with Gasteiger partial charge < -0.3 is 19.9 Å². The van der Waals surface area contributed by atoms with Crippen LogP contribution >= 0.6 is 11.6 Å². The summed E-state index contributed by atoms with van der Waals surface area (Å²) in [5.74, 6) is 1.49. The summed E-state index contributed by atoms with van der Waals surface area (Å²) in [7, 11) is 1.65. The molecule has 1 aliphatic rings. The van der Waals surface area contributed by atoms with Gasteiger partial charge >= 0.3 is 0 Å². The third kappa shape index (κ3) is 4.96. The van der Waals surface area contributed by atoms with Crippen LogP contribution in [0.25, 0.3) is 0 Å². The molecule has 0 spiro atoms. The molecule has 4 aromatic rings. The molecule has 0 aliphatic carbocycles. The highest BCUT2D eigenvalue weighted by molar-refractivity contribution is 6.31. The first-order valence-electron chi connectivity index (χ1n) is 11.4. The molecule has 0 saturated carbocycles. The number of rotatable bonds is 6. The Kier molecular flexibility index (Phi) is 6.59. The average molecular weight is 485 g/mol. The Morgan fingerprint density at radius 1 is 0.914 bits per heavy atom. The van der Waals surface area contributed by atoms with E-state index in [1.165, 1.54) is 0 Å². The summed E-state index contributed by atoms with van der Waals surface area (Å²) >= 11 is 6.68. The van der Waals surface area contributed by atoms with E-state index in [1.807, 2.05) is 84.9 Å². The third-order valence-corrected chi connectivity index (χ3v) is 6.41. The van der Waals surface area contributed by atoms with Gasteiger partial charge in [0.1, 0.15) is 29.0 Å². The predicted octanol–water partition coefficient (Wildman–Crippen LogP) is 7.04. The molecule has 0 fully saturated rings. The largest absolute Gasteiger partial charge is 0.508 e. The first kappa shape index (κ1) is 22.8. The second-order valence-electron chi connectivity index (χ2n) is 8.29. The van der Waals surface area contributed by atoms with Crippen molar-refractivity contribution in [2.45, 2.75) is 6.10 Å². The van der Waals surface area contributed by atoms with E-state index in [0.717, 1.165) is 34.0 Å². The van der Waals surface area contributed by atoms with Crippen molar-refractivity contribution in [1.82, 2.24) is 0 Å². The fraction of sp³-hybridized carbons (Fsp3) is 0.138. The van der Waals surface area contributed by atoms with E-state index in [4.69, 9.17) is 26.1 Å². The number of aromatic hydroxyl groups is 1. The van der Waals surface area contributed by atoms with Crippen LogP contribution < -0.4 is 14.8 Å². The fourth-order valence-corrected chi connectivity index (χ4v) is 4.50. The summed E-state index contributed by atoms with van der Waals surface area (Å²) < 4.78 is 11.9.